The molecule has 0 aliphatic rings. The summed E-state index contributed by atoms with van der Waals surface area (Å²) in [5, 5.41) is 3.57. The van der Waals surface area contributed by atoms with Crippen LogP contribution < -0.4 is 5.32 Å². The molecular weight excluding hydrogens is 433 g/mol. The van der Waals surface area contributed by atoms with Crippen LogP contribution in [0.4, 0.5) is 0 Å². The van der Waals surface area contributed by atoms with Crippen LogP contribution in [0.2, 0.25) is 0 Å². The van der Waals surface area contributed by atoms with Crippen LogP contribution in [-0.2, 0) is 9.09 Å². The van der Waals surface area contributed by atoms with Gasteiger partial charge in [0, 0.05) is 0 Å². The summed E-state index contributed by atoms with van der Waals surface area (Å²) in [5.74, 6) is 0. The lowest BCUT2D eigenvalue weighted by molar-refractivity contribution is 0.193. The Kier molecular flexibility index (Phi) is 32.1. The molecule has 0 radical (unpaired) electrons. The van der Waals surface area contributed by atoms with E-state index in [4.69, 9.17) is 9.79 Å². The summed E-state index contributed by atoms with van der Waals surface area (Å²) in [6, 6.07) is 0. The summed E-state index contributed by atoms with van der Waals surface area (Å²) < 4.78 is 14.7. The third-order valence-corrected chi connectivity index (χ3v) is 6.44. The van der Waals surface area contributed by atoms with Gasteiger partial charge in [0.1, 0.15) is 0 Å². The molecule has 0 heterocycles. The summed E-state index contributed by atoms with van der Waals surface area (Å²) in [4.78, 5) is 16.9. The largest absolute Gasteiger partial charge is 0.469 e. The maximum Gasteiger partial charge on any atom is 0.469 e. The second-order valence-electron chi connectivity index (χ2n) is 9.44. The van der Waals surface area contributed by atoms with Crippen molar-refractivity contribution in [2.45, 2.75) is 156 Å². The standard InChI is InChI=1S/C16H35N.C11H25O4P/c1-3-5-7-9-11-13-15-17-16-14-12-10-8-6-4-2;1-2-3-4-5-6-7-8-9-10-11-15-16(12,13)14/h17H,3-16H2,1-2H3;2-11H2,1H3,(H2,12,13,14). The van der Waals surface area contributed by atoms with Gasteiger partial charge in [-0.3, -0.25) is 4.52 Å². The van der Waals surface area contributed by atoms with Crippen molar-refractivity contribution >= 4 is 7.82 Å². The van der Waals surface area contributed by atoms with Gasteiger partial charge < -0.3 is 15.1 Å². The SMILES string of the molecule is CCCCCCCCCCCOP(=O)(O)O.CCCCCCCCNCCCCCCCC. The molecule has 0 atom stereocenters. The maximum atomic E-state index is 10.3. The number of phosphoric acid groups is 1. The van der Waals surface area contributed by atoms with E-state index in [2.05, 4.69) is 30.6 Å². The normalized spacial score (nSPS) is 11.4. The third-order valence-electron chi connectivity index (χ3n) is 5.92. The average Bonchev–Trinajstić information content (AvgIpc) is 2.78. The highest BCUT2D eigenvalue weighted by Gasteiger charge is 2.12. The van der Waals surface area contributed by atoms with Crippen molar-refractivity contribution in [2.75, 3.05) is 19.7 Å². The molecular formula is C27H60NO4P. The van der Waals surface area contributed by atoms with Gasteiger partial charge in [-0.15, -0.1) is 0 Å². The minimum Gasteiger partial charge on any atom is -0.317 e. The summed E-state index contributed by atoms with van der Waals surface area (Å²) in [6.07, 6.45) is 27.5. The lowest BCUT2D eigenvalue weighted by Gasteiger charge is -2.04. The summed E-state index contributed by atoms with van der Waals surface area (Å²) >= 11 is 0. The summed E-state index contributed by atoms with van der Waals surface area (Å²) in [5.41, 5.74) is 0. The van der Waals surface area contributed by atoms with Gasteiger partial charge in [0.2, 0.25) is 0 Å². The van der Waals surface area contributed by atoms with Gasteiger partial charge in [0.25, 0.3) is 0 Å². The molecule has 0 aromatic heterocycles. The highest BCUT2D eigenvalue weighted by atomic mass is 31.2. The topological polar surface area (TPSA) is 78.8 Å². The molecule has 0 fully saturated rings. The summed E-state index contributed by atoms with van der Waals surface area (Å²) in [7, 11) is -4.24. The van der Waals surface area contributed by atoms with Gasteiger partial charge in [-0.05, 0) is 32.4 Å². The van der Waals surface area contributed by atoms with E-state index in [9.17, 15) is 4.57 Å². The first-order valence-corrected chi connectivity index (χ1v) is 15.9. The molecule has 0 saturated carbocycles. The van der Waals surface area contributed by atoms with E-state index >= 15 is 0 Å². The van der Waals surface area contributed by atoms with Crippen LogP contribution in [0.1, 0.15) is 156 Å². The van der Waals surface area contributed by atoms with Crippen molar-refractivity contribution in [3.8, 4) is 0 Å². The molecule has 0 rings (SSSR count). The zero-order valence-corrected chi connectivity index (χ0v) is 23.5. The van der Waals surface area contributed by atoms with Crippen molar-refractivity contribution in [3.05, 3.63) is 0 Å². The predicted octanol–water partition coefficient (Wildman–Crippen LogP) is 8.92. The molecule has 0 aromatic carbocycles. The molecule has 0 aliphatic heterocycles. The predicted molar refractivity (Wildman–Crippen MR) is 145 cm³/mol. The van der Waals surface area contributed by atoms with Crippen LogP contribution in [0.3, 0.4) is 0 Å². The zero-order chi connectivity index (χ0) is 24.9. The Bertz CT molecular complexity index is 376. The Morgan fingerprint density at radius 1 is 0.515 bits per heavy atom. The molecule has 202 valence electrons. The first-order chi connectivity index (χ1) is 16.0. The Morgan fingerprint density at radius 3 is 1.15 bits per heavy atom. The van der Waals surface area contributed by atoms with Crippen LogP contribution in [-0.4, -0.2) is 29.5 Å². The summed E-state index contributed by atoms with van der Waals surface area (Å²) in [6.45, 7) is 9.41. The Labute approximate surface area is 207 Å². The quantitative estimate of drug-likeness (QED) is 0.0874. The fraction of sp³-hybridized carbons (Fsp3) is 1.00. The fourth-order valence-electron chi connectivity index (χ4n) is 3.78. The van der Waals surface area contributed by atoms with Crippen LogP contribution in [0.15, 0.2) is 0 Å². The van der Waals surface area contributed by atoms with Crippen molar-refractivity contribution < 1.29 is 18.9 Å². The number of hydrogen-bond acceptors (Lipinski definition) is 3. The minimum atomic E-state index is -4.24. The van der Waals surface area contributed by atoms with Gasteiger partial charge in [0.15, 0.2) is 0 Å². The first kappa shape index (κ1) is 35.2. The van der Waals surface area contributed by atoms with Gasteiger partial charge in [0.05, 0.1) is 6.61 Å². The number of rotatable bonds is 25. The molecule has 33 heavy (non-hydrogen) atoms. The molecule has 0 amide bonds. The minimum absolute atomic E-state index is 0.167. The number of hydrogen-bond donors (Lipinski definition) is 3. The highest BCUT2D eigenvalue weighted by molar-refractivity contribution is 7.46. The molecule has 0 spiro atoms. The van der Waals surface area contributed by atoms with Crippen LogP contribution >= 0.6 is 7.82 Å². The first-order valence-electron chi connectivity index (χ1n) is 14.4. The van der Waals surface area contributed by atoms with Crippen LogP contribution in [0.25, 0.3) is 0 Å². The number of unbranched alkanes of at least 4 members (excludes halogenated alkanes) is 18. The lowest BCUT2D eigenvalue weighted by Crippen LogP contribution is -2.16. The van der Waals surface area contributed by atoms with Crippen molar-refractivity contribution in [1.82, 2.24) is 5.32 Å². The number of nitrogens with one attached hydrogen (secondary N) is 1. The monoisotopic (exact) mass is 493 g/mol. The van der Waals surface area contributed by atoms with E-state index in [1.807, 2.05) is 0 Å². The molecule has 0 aromatic rings. The molecule has 6 heteroatoms. The molecule has 0 unspecified atom stereocenters. The van der Waals surface area contributed by atoms with E-state index in [-0.39, 0.29) is 6.61 Å². The smallest absolute Gasteiger partial charge is 0.317 e. The molecule has 5 nitrogen and oxygen atoms in total. The van der Waals surface area contributed by atoms with E-state index in [1.165, 1.54) is 129 Å². The van der Waals surface area contributed by atoms with Crippen molar-refractivity contribution in [1.29, 1.82) is 0 Å². The van der Waals surface area contributed by atoms with Crippen molar-refractivity contribution in [2.24, 2.45) is 0 Å². The van der Waals surface area contributed by atoms with Crippen molar-refractivity contribution in [3.63, 3.8) is 0 Å². The highest BCUT2D eigenvalue weighted by Crippen LogP contribution is 2.35. The van der Waals surface area contributed by atoms with Crippen LogP contribution in [0.5, 0.6) is 0 Å². The maximum absolute atomic E-state index is 10.3. The molecule has 3 N–H and O–H groups in total. The Hall–Kier alpha value is 0.0700. The average molecular weight is 494 g/mol. The molecule has 0 aliphatic carbocycles. The van der Waals surface area contributed by atoms with E-state index in [0.29, 0.717) is 0 Å². The lowest BCUT2D eigenvalue weighted by atomic mass is 10.1. The molecule has 0 saturated heterocycles. The van der Waals surface area contributed by atoms with Gasteiger partial charge >= 0.3 is 7.82 Å². The van der Waals surface area contributed by atoms with E-state index < -0.39 is 7.82 Å². The van der Waals surface area contributed by atoms with E-state index in [1.54, 1.807) is 0 Å². The Balaban J connectivity index is 0. The second kappa shape index (κ2) is 30.1. The zero-order valence-electron chi connectivity index (χ0n) is 22.6. The fourth-order valence-corrected chi connectivity index (χ4v) is 4.15. The van der Waals surface area contributed by atoms with Gasteiger partial charge in [-0.1, -0.05) is 136 Å². The van der Waals surface area contributed by atoms with Gasteiger partial charge in [-0.25, -0.2) is 4.57 Å². The Morgan fingerprint density at radius 2 is 0.818 bits per heavy atom. The van der Waals surface area contributed by atoms with Crippen LogP contribution in [0, 0.1) is 0 Å². The number of phosphoric ester groups is 1. The third kappa shape index (κ3) is 39.6. The second-order valence-corrected chi connectivity index (χ2v) is 10.7. The van der Waals surface area contributed by atoms with Gasteiger partial charge in [-0.2, -0.15) is 0 Å². The molecule has 0 bridgehead atoms. The van der Waals surface area contributed by atoms with E-state index in [0.717, 1.165) is 19.3 Å².